The number of sulfonamides is 1. The predicted molar refractivity (Wildman–Crippen MR) is 75.6 cm³/mol. The van der Waals surface area contributed by atoms with Crippen molar-refractivity contribution in [2.75, 3.05) is 20.3 Å². The van der Waals surface area contributed by atoms with E-state index in [1.54, 1.807) is 0 Å². The number of aryl methyl sites for hydroxylation is 1. The van der Waals surface area contributed by atoms with Crippen LogP contribution < -0.4 is 4.72 Å². The fraction of sp³-hybridized carbons (Fsp3) is 0.571. The Morgan fingerprint density at radius 2 is 2.11 bits per heavy atom. The van der Waals surface area contributed by atoms with Crippen molar-refractivity contribution in [1.29, 1.82) is 0 Å². The summed E-state index contributed by atoms with van der Waals surface area (Å²) in [5.41, 5.74) is 2.41. The van der Waals surface area contributed by atoms with Crippen LogP contribution in [0, 0.1) is 12.8 Å². The minimum absolute atomic E-state index is 0.0206. The lowest BCUT2D eigenvalue weighted by Gasteiger charge is -2.31. The summed E-state index contributed by atoms with van der Waals surface area (Å²) in [7, 11) is -1.75. The van der Waals surface area contributed by atoms with Crippen LogP contribution in [0.1, 0.15) is 17.5 Å². The Bertz CT molecular complexity index is 527. The number of ether oxygens (including phenoxy) is 1. The first kappa shape index (κ1) is 14.5. The highest BCUT2D eigenvalue weighted by atomic mass is 32.2. The van der Waals surface area contributed by atoms with Crippen molar-refractivity contribution >= 4 is 10.0 Å². The second-order valence-electron chi connectivity index (χ2n) is 5.04. The average molecular weight is 283 g/mol. The first-order chi connectivity index (χ1) is 9.04. The molecule has 0 bridgehead atoms. The molecule has 0 spiro atoms. The average Bonchev–Trinajstić information content (AvgIpc) is 2.42. The second kappa shape index (κ2) is 6.03. The van der Waals surface area contributed by atoms with Crippen LogP contribution in [0.25, 0.3) is 0 Å². The molecule has 0 saturated carbocycles. The summed E-state index contributed by atoms with van der Waals surface area (Å²) in [6.45, 7) is 3.09. The van der Waals surface area contributed by atoms with Crippen molar-refractivity contribution in [3.63, 3.8) is 0 Å². The molecule has 0 unspecified atom stereocenters. The molecule has 1 saturated heterocycles. The molecule has 1 aliphatic heterocycles. The lowest BCUT2D eigenvalue weighted by Crippen LogP contribution is -2.43. The lowest BCUT2D eigenvalue weighted by atomic mass is 9.91. The Labute approximate surface area is 115 Å². The van der Waals surface area contributed by atoms with Gasteiger partial charge in [-0.3, -0.25) is 0 Å². The van der Waals surface area contributed by atoms with Crippen LogP contribution in [-0.2, 0) is 21.2 Å². The van der Waals surface area contributed by atoms with Crippen LogP contribution >= 0.6 is 0 Å². The quantitative estimate of drug-likeness (QED) is 0.911. The van der Waals surface area contributed by atoms with Crippen LogP contribution in [0.15, 0.2) is 24.3 Å². The molecule has 106 valence electrons. The zero-order valence-electron chi connectivity index (χ0n) is 11.4. The van der Waals surface area contributed by atoms with E-state index in [0.29, 0.717) is 19.6 Å². The van der Waals surface area contributed by atoms with E-state index in [-0.39, 0.29) is 11.2 Å². The van der Waals surface area contributed by atoms with Gasteiger partial charge in [0.2, 0.25) is 10.0 Å². The molecule has 5 heteroatoms. The molecule has 1 aromatic rings. The van der Waals surface area contributed by atoms with Gasteiger partial charge in [0.05, 0.1) is 11.9 Å². The molecule has 1 heterocycles. The van der Waals surface area contributed by atoms with Gasteiger partial charge in [-0.1, -0.05) is 24.3 Å². The van der Waals surface area contributed by atoms with E-state index in [4.69, 9.17) is 4.74 Å². The van der Waals surface area contributed by atoms with Crippen LogP contribution in [0.5, 0.6) is 0 Å². The summed E-state index contributed by atoms with van der Waals surface area (Å²) in [5.74, 6) is 0.0206. The minimum atomic E-state index is -3.23. The van der Waals surface area contributed by atoms with Gasteiger partial charge in [0, 0.05) is 12.5 Å². The number of nitrogens with one attached hydrogen (secondary N) is 1. The van der Waals surface area contributed by atoms with Gasteiger partial charge in [-0.2, -0.15) is 0 Å². The zero-order chi connectivity index (χ0) is 13.9. The molecule has 1 fully saturated rings. The molecule has 1 aliphatic rings. The van der Waals surface area contributed by atoms with Crippen molar-refractivity contribution in [3.05, 3.63) is 35.4 Å². The Morgan fingerprint density at radius 1 is 1.37 bits per heavy atom. The van der Waals surface area contributed by atoms with Gasteiger partial charge < -0.3 is 4.74 Å². The first-order valence-electron chi connectivity index (χ1n) is 6.59. The molecule has 1 aromatic carbocycles. The highest BCUT2D eigenvalue weighted by molar-refractivity contribution is 7.90. The van der Waals surface area contributed by atoms with E-state index >= 15 is 0 Å². The first-order valence-corrected chi connectivity index (χ1v) is 8.14. The molecule has 0 aliphatic carbocycles. The molecule has 2 atom stereocenters. The summed E-state index contributed by atoms with van der Waals surface area (Å²) in [5, 5.41) is -0.356. The highest BCUT2D eigenvalue weighted by Gasteiger charge is 2.35. The van der Waals surface area contributed by atoms with E-state index in [1.165, 1.54) is 18.2 Å². The van der Waals surface area contributed by atoms with E-state index < -0.39 is 10.0 Å². The molecule has 1 N–H and O–H groups in total. The van der Waals surface area contributed by atoms with Crippen molar-refractivity contribution < 1.29 is 13.2 Å². The third-order valence-electron chi connectivity index (χ3n) is 3.83. The van der Waals surface area contributed by atoms with Crippen LogP contribution in [0.2, 0.25) is 0 Å². The van der Waals surface area contributed by atoms with Gasteiger partial charge in [-0.05, 0) is 37.9 Å². The van der Waals surface area contributed by atoms with Crippen LogP contribution in [-0.4, -0.2) is 33.9 Å². The Hall–Kier alpha value is -0.910. The molecule has 0 aromatic heterocycles. The Balaban J connectivity index is 2.19. The third kappa shape index (κ3) is 3.35. The van der Waals surface area contributed by atoms with Crippen LogP contribution in [0.4, 0.5) is 0 Å². The molecular formula is C14H21NO3S. The zero-order valence-corrected chi connectivity index (χ0v) is 12.2. The van der Waals surface area contributed by atoms with Gasteiger partial charge in [0.25, 0.3) is 0 Å². The molecular weight excluding hydrogens is 262 g/mol. The molecule has 19 heavy (non-hydrogen) atoms. The molecule has 2 rings (SSSR count). The fourth-order valence-corrected chi connectivity index (χ4v) is 4.04. The maximum Gasteiger partial charge on any atom is 0.214 e. The summed E-state index contributed by atoms with van der Waals surface area (Å²) >= 11 is 0. The van der Waals surface area contributed by atoms with Crippen molar-refractivity contribution in [3.8, 4) is 0 Å². The standard InChI is InChI=1S/C14H21NO3S/c1-11-5-3-4-6-12(11)9-13-10-18-8-7-14(13)19(16,17)15-2/h3-6,13-15H,7-10H2,1-2H3/t13-,14-/m1/s1. The summed E-state index contributed by atoms with van der Waals surface area (Å²) < 4.78 is 32.1. The topological polar surface area (TPSA) is 55.4 Å². The summed E-state index contributed by atoms with van der Waals surface area (Å²) in [6.07, 6.45) is 1.32. The Kier molecular flexibility index (Phi) is 4.60. The lowest BCUT2D eigenvalue weighted by molar-refractivity contribution is 0.0570. The number of rotatable bonds is 4. The smallest absolute Gasteiger partial charge is 0.214 e. The summed E-state index contributed by atoms with van der Waals surface area (Å²) in [4.78, 5) is 0. The van der Waals surface area contributed by atoms with E-state index in [0.717, 1.165) is 6.42 Å². The van der Waals surface area contributed by atoms with Gasteiger partial charge in [-0.15, -0.1) is 0 Å². The van der Waals surface area contributed by atoms with E-state index in [2.05, 4.69) is 23.8 Å². The maximum atomic E-state index is 12.1. The monoisotopic (exact) mass is 283 g/mol. The van der Waals surface area contributed by atoms with Crippen molar-refractivity contribution in [2.24, 2.45) is 5.92 Å². The Morgan fingerprint density at radius 3 is 2.79 bits per heavy atom. The minimum Gasteiger partial charge on any atom is -0.381 e. The van der Waals surface area contributed by atoms with Gasteiger partial charge in [0.15, 0.2) is 0 Å². The van der Waals surface area contributed by atoms with E-state index in [9.17, 15) is 8.42 Å². The van der Waals surface area contributed by atoms with Crippen LogP contribution in [0.3, 0.4) is 0 Å². The van der Waals surface area contributed by atoms with Crippen molar-refractivity contribution in [1.82, 2.24) is 4.72 Å². The number of hydrogen-bond acceptors (Lipinski definition) is 3. The molecule has 4 nitrogen and oxygen atoms in total. The normalized spacial score (nSPS) is 24.3. The predicted octanol–water partition coefficient (Wildman–Crippen LogP) is 1.49. The fourth-order valence-electron chi connectivity index (χ4n) is 2.65. The van der Waals surface area contributed by atoms with Gasteiger partial charge in [-0.25, -0.2) is 13.1 Å². The van der Waals surface area contributed by atoms with Crippen molar-refractivity contribution in [2.45, 2.75) is 25.0 Å². The largest absolute Gasteiger partial charge is 0.381 e. The SMILES string of the molecule is CNS(=O)(=O)[C@@H]1CCOC[C@H]1Cc1ccccc1C. The molecule has 0 amide bonds. The second-order valence-corrected chi connectivity index (χ2v) is 7.15. The number of hydrogen-bond donors (Lipinski definition) is 1. The highest BCUT2D eigenvalue weighted by Crippen LogP contribution is 2.25. The third-order valence-corrected chi connectivity index (χ3v) is 5.82. The van der Waals surface area contributed by atoms with Gasteiger partial charge >= 0.3 is 0 Å². The molecule has 0 radical (unpaired) electrons. The van der Waals surface area contributed by atoms with E-state index in [1.807, 2.05) is 12.1 Å². The maximum absolute atomic E-state index is 12.1. The summed E-state index contributed by atoms with van der Waals surface area (Å²) in [6, 6.07) is 8.11. The van der Waals surface area contributed by atoms with Gasteiger partial charge in [0.1, 0.15) is 0 Å². The number of benzene rings is 1.